The minimum absolute atomic E-state index is 0.239. The first-order valence-electron chi connectivity index (χ1n) is 10.4. The molecule has 0 aliphatic heterocycles. The van der Waals surface area contributed by atoms with Crippen LogP contribution in [0.4, 0.5) is 5.69 Å². The number of ether oxygens (including phenoxy) is 2. The van der Waals surface area contributed by atoms with Crippen molar-refractivity contribution in [2.45, 2.75) is 6.92 Å². The number of methoxy groups -OCH3 is 1. The lowest BCUT2D eigenvalue weighted by Crippen LogP contribution is -2.20. The van der Waals surface area contributed by atoms with Gasteiger partial charge in [0.05, 0.1) is 28.7 Å². The van der Waals surface area contributed by atoms with E-state index in [1.165, 1.54) is 7.11 Å². The SMILES string of the molecule is COc1cc(/C=C(\C#N)c2nc3ccccc3[nH]2)cc(Cl)c1OCC(=O)Nc1cccc(C)c1. The van der Waals surface area contributed by atoms with Gasteiger partial charge in [-0.25, -0.2) is 4.98 Å². The predicted octanol–water partition coefficient (Wildman–Crippen LogP) is 5.62. The van der Waals surface area contributed by atoms with Gasteiger partial charge in [-0.15, -0.1) is 0 Å². The quantitative estimate of drug-likeness (QED) is 0.340. The Balaban J connectivity index is 1.54. The first-order valence-corrected chi connectivity index (χ1v) is 10.8. The predicted molar refractivity (Wildman–Crippen MR) is 133 cm³/mol. The van der Waals surface area contributed by atoms with Gasteiger partial charge in [0.2, 0.25) is 0 Å². The number of carbonyl (C=O) groups excluding carboxylic acids is 1. The summed E-state index contributed by atoms with van der Waals surface area (Å²) in [6, 6.07) is 20.5. The molecule has 3 aromatic carbocycles. The average Bonchev–Trinajstić information content (AvgIpc) is 3.25. The lowest BCUT2D eigenvalue weighted by molar-refractivity contribution is -0.118. The van der Waals surface area contributed by atoms with Crippen molar-refractivity contribution in [1.29, 1.82) is 5.26 Å². The lowest BCUT2D eigenvalue weighted by atomic mass is 10.1. The van der Waals surface area contributed by atoms with E-state index in [-0.39, 0.29) is 23.3 Å². The molecule has 0 aliphatic carbocycles. The van der Waals surface area contributed by atoms with Gasteiger partial charge in [-0.3, -0.25) is 4.79 Å². The van der Waals surface area contributed by atoms with E-state index in [0.29, 0.717) is 28.4 Å². The van der Waals surface area contributed by atoms with Gasteiger partial charge in [0.25, 0.3) is 5.91 Å². The third-order valence-corrected chi connectivity index (χ3v) is 5.26. The number of nitrogens with one attached hydrogen (secondary N) is 2. The summed E-state index contributed by atoms with van der Waals surface area (Å²) >= 11 is 6.44. The molecular weight excluding hydrogens is 452 g/mol. The van der Waals surface area contributed by atoms with Crippen molar-refractivity contribution in [3.05, 3.63) is 82.6 Å². The van der Waals surface area contributed by atoms with Crippen LogP contribution in [-0.4, -0.2) is 29.6 Å². The molecule has 4 rings (SSSR count). The number of hydrogen-bond acceptors (Lipinski definition) is 5. The van der Waals surface area contributed by atoms with Gasteiger partial charge in [-0.05, 0) is 60.5 Å². The molecule has 2 N–H and O–H groups in total. The minimum atomic E-state index is -0.329. The van der Waals surface area contributed by atoms with Gasteiger partial charge in [0, 0.05) is 5.69 Å². The van der Waals surface area contributed by atoms with Crippen LogP contribution < -0.4 is 14.8 Å². The Kier molecular flexibility index (Phi) is 6.81. The molecule has 0 saturated carbocycles. The summed E-state index contributed by atoms with van der Waals surface area (Å²) in [5.41, 5.74) is 4.27. The average molecular weight is 473 g/mol. The number of fused-ring (bicyclic) bond motifs is 1. The van der Waals surface area contributed by atoms with Gasteiger partial charge in [0.15, 0.2) is 18.1 Å². The van der Waals surface area contributed by atoms with Crippen LogP contribution in [0.1, 0.15) is 17.0 Å². The molecule has 0 atom stereocenters. The highest BCUT2D eigenvalue weighted by atomic mass is 35.5. The van der Waals surface area contributed by atoms with Crippen molar-refractivity contribution < 1.29 is 14.3 Å². The number of para-hydroxylation sites is 2. The molecule has 1 aromatic heterocycles. The summed E-state index contributed by atoms with van der Waals surface area (Å²) in [6.07, 6.45) is 1.65. The van der Waals surface area contributed by atoms with E-state index in [1.54, 1.807) is 24.3 Å². The van der Waals surface area contributed by atoms with Crippen LogP contribution in [0.25, 0.3) is 22.7 Å². The highest BCUT2D eigenvalue weighted by Crippen LogP contribution is 2.37. The van der Waals surface area contributed by atoms with Crippen molar-refractivity contribution in [2.24, 2.45) is 0 Å². The molecule has 7 nitrogen and oxygen atoms in total. The molecule has 0 spiro atoms. The van der Waals surface area contributed by atoms with Crippen LogP contribution in [0, 0.1) is 18.3 Å². The summed E-state index contributed by atoms with van der Waals surface area (Å²) in [5.74, 6) is 0.697. The fourth-order valence-electron chi connectivity index (χ4n) is 3.42. The smallest absolute Gasteiger partial charge is 0.262 e. The van der Waals surface area contributed by atoms with Crippen LogP contribution in [0.5, 0.6) is 11.5 Å². The number of benzene rings is 3. The Labute approximate surface area is 201 Å². The molecule has 0 unspecified atom stereocenters. The number of amides is 1. The highest BCUT2D eigenvalue weighted by molar-refractivity contribution is 6.32. The van der Waals surface area contributed by atoms with Gasteiger partial charge in [-0.2, -0.15) is 5.26 Å². The van der Waals surface area contributed by atoms with Gasteiger partial charge in [0.1, 0.15) is 11.9 Å². The Morgan fingerprint density at radius 3 is 2.76 bits per heavy atom. The van der Waals surface area contributed by atoms with Crippen LogP contribution in [0.2, 0.25) is 5.02 Å². The zero-order valence-electron chi connectivity index (χ0n) is 18.6. The molecule has 0 bridgehead atoms. The number of carbonyl (C=O) groups is 1. The molecule has 0 fully saturated rings. The maximum absolute atomic E-state index is 12.3. The molecule has 1 heterocycles. The van der Waals surface area contributed by atoms with Crippen molar-refractivity contribution in [2.75, 3.05) is 19.0 Å². The van der Waals surface area contributed by atoms with Crippen molar-refractivity contribution in [3.8, 4) is 17.6 Å². The molecular formula is C26H21ClN4O3. The summed E-state index contributed by atoms with van der Waals surface area (Å²) in [5, 5.41) is 12.7. The topological polar surface area (TPSA) is 100 Å². The molecule has 170 valence electrons. The van der Waals surface area contributed by atoms with Crippen molar-refractivity contribution in [3.63, 3.8) is 0 Å². The largest absolute Gasteiger partial charge is 0.493 e. The maximum Gasteiger partial charge on any atom is 0.262 e. The van der Waals surface area contributed by atoms with E-state index < -0.39 is 0 Å². The summed E-state index contributed by atoms with van der Waals surface area (Å²) in [4.78, 5) is 19.9. The van der Waals surface area contributed by atoms with Gasteiger partial charge in [-0.1, -0.05) is 35.9 Å². The Morgan fingerprint density at radius 2 is 2.03 bits per heavy atom. The zero-order valence-corrected chi connectivity index (χ0v) is 19.3. The van der Waals surface area contributed by atoms with E-state index in [4.69, 9.17) is 21.1 Å². The van der Waals surface area contributed by atoms with Crippen LogP contribution in [-0.2, 0) is 4.79 Å². The number of aromatic nitrogens is 2. The number of allylic oxidation sites excluding steroid dienone is 1. The second kappa shape index (κ2) is 10.1. The Morgan fingerprint density at radius 1 is 1.21 bits per heavy atom. The number of halogens is 1. The first-order chi connectivity index (χ1) is 16.5. The fraction of sp³-hybridized carbons (Fsp3) is 0.115. The van der Waals surface area contributed by atoms with Crippen molar-refractivity contribution in [1.82, 2.24) is 9.97 Å². The molecule has 1 amide bonds. The number of nitrogens with zero attached hydrogens (tertiary/aromatic N) is 2. The molecule has 4 aromatic rings. The number of nitriles is 1. The zero-order chi connectivity index (χ0) is 24.1. The van der Waals surface area contributed by atoms with Crippen molar-refractivity contribution >= 4 is 45.9 Å². The van der Waals surface area contributed by atoms with E-state index in [9.17, 15) is 10.1 Å². The van der Waals surface area contributed by atoms with E-state index >= 15 is 0 Å². The Bertz CT molecular complexity index is 1400. The van der Waals surface area contributed by atoms with E-state index in [0.717, 1.165) is 16.6 Å². The lowest BCUT2D eigenvalue weighted by Gasteiger charge is -2.13. The van der Waals surface area contributed by atoms with Crippen LogP contribution in [0.3, 0.4) is 0 Å². The number of aromatic amines is 1. The number of imidazole rings is 1. The molecule has 0 aliphatic rings. The minimum Gasteiger partial charge on any atom is -0.493 e. The molecule has 8 heteroatoms. The summed E-state index contributed by atoms with van der Waals surface area (Å²) in [6.45, 7) is 1.69. The monoisotopic (exact) mass is 472 g/mol. The number of rotatable bonds is 7. The summed E-state index contributed by atoms with van der Waals surface area (Å²) < 4.78 is 11.1. The van der Waals surface area contributed by atoms with E-state index in [2.05, 4.69) is 21.4 Å². The van der Waals surface area contributed by atoms with Crippen LogP contribution >= 0.6 is 11.6 Å². The standard InChI is InChI=1S/C26H21ClN4O3/c1-16-6-5-7-19(10-16)29-24(32)15-34-25-20(27)12-17(13-23(25)33-2)11-18(14-28)26-30-21-8-3-4-9-22(21)31-26/h3-13H,15H2,1-2H3,(H,29,32)(H,30,31)/b18-11+. The third-order valence-electron chi connectivity index (χ3n) is 4.98. The molecule has 0 radical (unpaired) electrons. The molecule has 0 saturated heterocycles. The Hall–Kier alpha value is -4.28. The number of H-pyrrole nitrogens is 1. The normalized spacial score (nSPS) is 11.2. The highest BCUT2D eigenvalue weighted by Gasteiger charge is 2.15. The summed E-state index contributed by atoms with van der Waals surface area (Å²) in [7, 11) is 1.48. The number of hydrogen-bond donors (Lipinski definition) is 2. The molecule has 34 heavy (non-hydrogen) atoms. The number of aryl methyl sites for hydroxylation is 1. The van der Waals surface area contributed by atoms with E-state index in [1.807, 2.05) is 49.4 Å². The van der Waals surface area contributed by atoms with Gasteiger partial charge < -0.3 is 19.8 Å². The fourth-order valence-corrected chi connectivity index (χ4v) is 3.70. The second-order valence-electron chi connectivity index (χ2n) is 7.51. The van der Waals surface area contributed by atoms with Crippen LogP contribution in [0.15, 0.2) is 60.7 Å². The number of anilines is 1. The third kappa shape index (κ3) is 5.20. The first kappa shape index (κ1) is 22.9. The van der Waals surface area contributed by atoms with Gasteiger partial charge >= 0.3 is 0 Å². The maximum atomic E-state index is 12.3. The second-order valence-corrected chi connectivity index (χ2v) is 7.92.